The van der Waals surface area contributed by atoms with Crippen LogP contribution in [0, 0.1) is 13.8 Å². The van der Waals surface area contributed by atoms with Gasteiger partial charge in [-0.1, -0.05) is 18.2 Å². The van der Waals surface area contributed by atoms with E-state index in [1.807, 2.05) is 0 Å². The Kier molecular flexibility index (Phi) is 1.72. The number of aryl methyl sites for hydroxylation is 2. The first-order valence-electron chi connectivity index (χ1n) is 3.93. The third kappa shape index (κ3) is 0.985. The number of hydrogen-bond acceptors (Lipinski definition) is 0. The third-order valence-corrected chi connectivity index (χ3v) is 3.03. The molecule has 1 N–H and O–H groups in total. The second-order valence-electron chi connectivity index (χ2n) is 3.06. The van der Waals surface area contributed by atoms with Crippen LogP contribution < -0.4 is 0 Å². The maximum absolute atomic E-state index is 3.49. The molecule has 0 saturated carbocycles. The van der Waals surface area contributed by atoms with E-state index in [0.29, 0.717) is 0 Å². The Balaban J connectivity index is 2.95. The van der Waals surface area contributed by atoms with E-state index in [2.05, 4.69) is 53.0 Å². The van der Waals surface area contributed by atoms with Crippen molar-refractivity contribution in [3.05, 3.63) is 33.9 Å². The van der Waals surface area contributed by atoms with E-state index in [0.717, 1.165) is 4.60 Å². The second-order valence-corrected chi connectivity index (χ2v) is 3.85. The summed E-state index contributed by atoms with van der Waals surface area (Å²) in [5.74, 6) is 0. The largest absolute Gasteiger partial charge is 0.349 e. The minimum Gasteiger partial charge on any atom is -0.349 e. The first kappa shape index (κ1) is 7.87. The summed E-state index contributed by atoms with van der Waals surface area (Å²) in [5, 5.41) is 1.31. The number of aromatic nitrogens is 1. The Morgan fingerprint density at radius 2 is 2.00 bits per heavy atom. The molecule has 0 aliphatic rings. The zero-order valence-electron chi connectivity index (χ0n) is 7.11. The van der Waals surface area contributed by atoms with Gasteiger partial charge in [-0.05, 0) is 40.9 Å². The van der Waals surface area contributed by atoms with Gasteiger partial charge >= 0.3 is 0 Å². The number of nitrogens with one attached hydrogen (secondary N) is 1. The first-order chi connectivity index (χ1) is 5.70. The van der Waals surface area contributed by atoms with Crippen molar-refractivity contribution in [1.82, 2.24) is 4.98 Å². The molecular weight excluding hydrogens is 214 g/mol. The van der Waals surface area contributed by atoms with Gasteiger partial charge in [-0.2, -0.15) is 0 Å². The molecule has 0 bridgehead atoms. The van der Waals surface area contributed by atoms with Crippen LogP contribution >= 0.6 is 15.9 Å². The van der Waals surface area contributed by atoms with Crippen molar-refractivity contribution in [3.8, 4) is 0 Å². The molecule has 1 aromatic heterocycles. The van der Waals surface area contributed by atoms with E-state index in [-0.39, 0.29) is 0 Å². The van der Waals surface area contributed by atoms with Crippen molar-refractivity contribution in [3.63, 3.8) is 0 Å². The summed E-state index contributed by atoms with van der Waals surface area (Å²) in [7, 11) is 0. The molecule has 0 spiro atoms. The standard InChI is InChI=1S/C10H10BrN/c1-6-4-3-5-8-7(2)10(11)12-9(6)8/h3-5,12H,1-2H3. The summed E-state index contributed by atoms with van der Waals surface area (Å²) in [5.41, 5.74) is 3.82. The van der Waals surface area contributed by atoms with Gasteiger partial charge in [0.1, 0.15) is 0 Å². The molecule has 62 valence electrons. The summed E-state index contributed by atoms with van der Waals surface area (Å²) in [4.78, 5) is 3.31. The number of hydrogen-bond donors (Lipinski definition) is 1. The van der Waals surface area contributed by atoms with Gasteiger partial charge in [0.05, 0.1) is 4.60 Å². The topological polar surface area (TPSA) is 15.8 Å². The summed E-state index contributed by atoms with van der Waals surface area (Å²) in [6.07, 6.45) is 0. The van der Waals surface area contributed by atoms with Crippen LogP contribution in [0.15, 0.2) is 22.8 Å². The fourth-order valence-corrected chi connectivity index (χ4v) is 1.88. The van der Waals surface area contributed by atoms with Crippen molar-refractivity contribution in [1.29, 1.82) is 0 Å². The Labute approximate surface area is 79.9 Å². The number of fused-ring (bicyclic) bond motifs is 1. The molecule has 0 saturated heterocycles. The number of H-pyrrole nitrogens is 1. The molecule has 0 amide bonds. The van der Waals surface area contributed by atoms with Gasteiger partial charge in [0.15, 0.2) is 0 Å². The molecule has 0 radical (unpaired) electrons. The van der Waals surface area contributed by atoms with E-state index in [1.165, 1.54) is 22.0 Å². The third-order valence-electron chi connectivity index (χ3n) is 2.24. The SMILES string of the molecule is Cc1c(Br)[nH]c2c(C)cccc12. The van der Waals surface area contributed by atoms with Crippen LogP contribution in [0.25, 0.3) is 10.9 Å². The van der Waals surface area contributed by atoms with Crippen LogP contribution in [-0.4, -0.2) is 4.98 Å². The van der Waals surface area contributed by atoms with Gasteiger partial charge in [0, 0.05) is 10.9 Å². The van der Waals surface area contributed by atoms with Gasteiger partial charge in [0.2, 0.25) is 0 Å². The normalized spacial score (nSPS) is 10.9. The zero-order valence-corrected chi connectivity index (χ0v) is 8.70. The number of para-hydroxylation sites is 1. The number of benzene rings is 1. The predicted octanol–water partition coefficient (Wildman–Crippen LogP) is 3.55. The average molecular weight is 224 g/mol. The molecule has 2 heteroatoms. The molecule has 0 unspecified atom stereocenters. The van der Waals surface area contributed by atoms with Crippen molar-refractivity contribution in [2.75, 3.05) is 0 Å². The van der Waals surface area contributed by atoms with Crippen LogP contribution in [-0.2, 0) is 0 Å². The summed E-state index contributed by atoms with van der Waals surface area (Å²) in [6.45, 7) is 4.23. The van der Waals surface area contributed by atoms with Crippen molar-refractivity contribution in [2.45, 2.75) is 13.8 Å². The van der Waals surface area contributed by atoms with Crippen molar-refractivity contribution >= 4 is 26.8 Å². The lowest BCUT2D eigenvalue weighted by Gasteiger charge is -1.94. The molecule has 12 heavy (non-hydrogen) atoms. The molecule has 0 aliphatic heterocycles. The van der Waals surface area contributed by atoms with Crippen LogP contribution in [0.4, 0.5) is 0 Å². The quantitative estimate of drug-likeness (QED) is 0.704. The molecule has 0 fully saturated rings. The highest BCUT2D eigenvalue weighted by Crippen LogP contribution is 2.27. The van der Waals surface area contributed by atoms with Crippen molar-refractivity contribution in [2.24, 2.45) is 0 Å². The van der Waals surface area contributed by atoms with E-state index in [4.69, 9.17) is 0 Å². The Morgan fingerprint density at radius 1 is 1.25 bits per heavy atom. The van der Waals surface area contributed by atoms with Gasteiger partial charge < -0.3 is 4.98 Å². The maximum Gasteiger partial charge on any atom is 0.0860 e. The van der Waals surface area contributed by atoms with Crippen LogP contribution in [0.5, 0.6) is 0 Å². The number of halogens is 1. The first-order valence-corrected chi connectivity index (χ1v) is 4.73. The summed E-state index contributed by atoms with van der Waals surface area (Å²) < 4.78 is 1.09. The number of aromatic amines is 1. The lowest BCUT2D eigenvalue weighted by atomic mass is 10.1. The summed E-state index contributed by atoms with van der Waals surface area (Å²) in [6, 6.07) is 6.34. The predicted molar refractivity (Wildman–Crippen MR) is 55.5 cm³/mol. The van der Waals surface area contributed by atoms with Crippen molar-refractivity contribution < 1.29 is 0 Å². The van der Waals surface area contributed by atoms with E-state index < -0.39 is 0 Å². The molecule has 1 heterocycles. The molecular formula is C10H10BrN. The van der Waals surface area contributed by atoms with Crippen LogP contribution in [0.1, 0.15) is 11.1 Å². The van der Waals surface area contributed by atoms with Gasteiger partial charge in [-0.15, -0.1) is 0 Å². The Bertz CT molecular complexity index is 429. The minimum absolute atomic E-state index is 1.09. The molecule has 0 aliphatic carbocycles. The van der Waals surface area contributed by atoms with Crippen LogP contribution in [0.3, 0.4) is 0 Å². The lowest BCUT2D eigenvalue weighted by molar-refractivity contribution is 1.34. The highest BCUT2D eigenvalue weighted by Gasteiger charge is 2.05. The smallest absolute Gasteiger partial charge is 0.0860 e. The second kappa shape index (κ2) is 2.63. The monoisotopic (exact) mass is 223 g/mol. The Morgan fingerprint density at radius 3 is 2.67 bits per heavy atom. The Hall–Kier alpha value is -0.760. The van der Waals surface area contributed by atoms with Crippen LogP contribution in [0.2, 0.25) is 0 Å². The number of rotatable bonds is 0. The maximum atomic E-state index is 3.49. The molecule has 1 nitrogen and oxygen atoms in total. The molecule has 2 rings (SSSR count). The molecule has 1 aromatic carbocycles. The van der Waals surface area contributed by atoms with Gasteiger partial charge in [-0.25, -0.2) is 0 Å². The van der Waals surface area contributed by atoms with E-state index in [1.54, 1.807) is 0 Å². The highest BCUT2D eigenvalue weighted by molar-refractivity contribution is 9.10. The minimum atomic E-state index is 1.09. The lowest BCUT2D eigenvalue weighted by Crippen LogP contribution is -1.74. The average Bonchev–Trinajstić information content (AvgIpc) is 2.32. The van der Waals surface area contributed by atoms with Gasteiger partial charge in [-0.3, -0.25) is 0 Å². The fourth-order valence-electron chi connectivity index (χ4n) is 1.47. The fraction of sp³-hybridized carbons (Fsp3) is 0.200. The molecule has 0 atom stereocenters. The van der Waals surface area contributed by atoms with E-state index >= 15 is 0 Å². The van der Waals surface area contributed by atoms with E-state index in [9.17, 15) is 0 Å². The summed E-state index contributed by atoms with van der Waals surface area (Å²) >= 11 is 3.49. The highest BCUT2D eigenvalue weighted by atomic mass is 79.9. The van der Waals surface area contributed by atoms with Gasteiger partial charge in [0.25, 0.3) is 0 Å². The zero-order chi connectivity index (χ0) is 8.72. The molecule has 2 aromatic rings.